The van der Waals surface area contributed by atoms with Gasteiger partial charge in [-0.3, -0.25) is 9.48 Å². The molecule has 0 aliphatic heterocycles. The molecule has 1 aromatic heterocycles. The van der Waals surface area contributed by atoms with Gasteiger partial charge in [0.05, 0.1) is 12.8 Å². The molecule has 1 N–H and O–H groups in total. The Morgan fingerprint density at radius 3 is 2.62 bits per heavy atom. The van der Waals surface area contributed by atoms with Crippen molar-refractivity contribution >= 4 is 11.6 Å². The van der Waals surface area contributed by atoms with E-state index < -0.39 is 17.5 Å². The van der Waals surface area contributed by atoms with Crippen LogP contribution in [0.15, 0.2) is 48.5 Å². The molecule has 5 nitrogen and oxygen atoms in total. The number of aromatic nitrogens is 2. The maximum absolute atomic E-state index is 13.3. The summed E-state index contributed by atoms with van der Waals surface area (Å²) in [4.78, 5) is 12.6. The minimum atomic E-state index is -1.03. The highest BCUT2D eigenvalue weighted by Crippen LogP contribution is 2.29. The Balaban J connectivity index is 1.93. The van der Waals surface area contributed by atoms with Crippen LogP contribution in [0.2, 0.25) is 0 Å². The van der Waals surface area contributed by atoms with Crippen LogP contribution in [-0.4, -0.2) is 22.8 Å². The quantitative estimate of drug-likeness (QED) is 0.748. The molecule has 1 heterocycles. The van der Waals surface area contributed by atoms with Gasteiger partial charge in [-0.2, -0.15) is 5.10 Å². The number of rotatable bonds is 5. The number of nitrogens with one attached hydrogen (secondary N) is 1. The topological polar surface area (TPSA) is 56.2 Å². The molecule has 0 saturated carbocycles. The molecule has 0 bridgehead atoms. The molecule has 7 heteroatoms. The van der Waals surface area contributed by atoms with Gasteiger partial charge in [0.15, 0.2) is 11.6 Å². The van der Waals surface area contributed by atoms with Crippen LogP contribution in [0.4, 0.5) is 14.5 Å². The number of methoxy groups -OCH3 is 1. The van der Waals surface area contributed by atoms with Gasteiger partial charge in [-0.1, -0.05) is 12.1 Å². The fourth-order valence-electron chi connectivity index (χ4n) is 2.60. The van der Waals surface area contributed by atoms with Crippen LogP contribution in [0.1, 0.15) is 17.4 Å². The van der Waals surface area contributed by atoms with Gasteiger partial charge >= 0.3 is 0 Å². The number of para-hydroxylation sites is 1. The van der Waals surface area contributed by atoms with Crippen LogP contribution in [0.25, 0.3) is 11.3 Å². The van der Waals surface area contributed by atoms with Crippen molar-refractivity contribution in [2.24, 2.45) is 0 Å². The summed E-state index contributed by atoms with van der Waals surface area (Å²) >= 11 is 0. The SMILES string of the molecule is CCn1nc(-c2ccccc2OC)cc1C(=O)Nc1ccc(F)c(F)c1. The average molecular weight is 357 g/mol. The number of amides is 1. The summed E-state index contributed by atoms with van der Waals surface area (Å²) in [7, 11) is 1.56. The number of carbonyl (C=O) groups is 1. The highest BCUT2D eigenvalue weighted by molar-refractivity contribution is 6.03. The summed E-state index contributed by atoms with van der Waals surface area (Å²) in [5.41, 5.74) is 1.80. The lowest BCUT2D eigenvalue weighted by Crippen LogP contribution is -2.17. The van der Waals surface area contributed by atoms with Crippen molar-refractivity contribution in [3.63, 3.8) is 0 Å². The smallest absolute Gasteiger partial charge is 0.273 e. The number of nitrogens with zero attached hydrogens (tertiary/aromatic N) is 2. The number of aryl methyl sites for hydroxylation is 1. The fourth-order valence-corrected chi connectivity index (χ4v) is 2.60. The average Bonchev–Trinajstić information content (AvgIpc) is 3.09. The molecular formula is C19H17F2N3O2. The molecule has 2 aromatic carbocycles. The van der Waals surface area contributed by atoms with E-state index >= 15 is 0 Å². The minimum absolute atomic E-state index is 0.164. The van der Waals surface area contributed by atoms with Gasteiger partial charge in [-0.05, 0) is 37.3 Å². The highest BCUT2D eigenvalue weighted by Gasteiger charge is 2.18. The van der Waals surface area contributed by atoms with Crippen LogP contribution in [0.3, 0.4) is 0 Å². The Labute approximate surface area is 149 Å². The molecule has 134 valence electrons. The second kappa shape index (κ2) is 7.35. The predicted molar refractivity (Wildman–Crippen MR) is 94.2 cm³/mol. The molecule has 3 rings (SSSR count). The van der Waals surface area contributed by atoms with E-state index in [1.54, 1.807) is 19.2 Å². The lowest BCUT2D eigenvalue weighted by atomic mass is 10.1. The molecule has 0 unspecified atom stereocenters. The van der Waals surface area contributed by atoms with E-state index in [2.05, 4.69) is 10.4 Å². The van der Waals surface area contributed by atoms with E-state index in [4.69, 9.17) is 4.74 Å². The highest BCUT2D eigenvalue weighted by atomic mass is 19.2. The number of hydrogen-bond donors (Lipinski definition) is 1. The zero-order valence-electron chi connectivity index (χ0n) is 14.3. The Kier molecular flexibility index (Phi) is 4.97. The van der Waals surface area contributed by atoms with Crippen molar-refractivity contribution in [2.45, 2.75) is 13.5 Å². The third-order valence-electron chi connectivity index (χ3n) is 3.87. The van der Waals surface area contributed by atoms with Crippen LogP contribution >= 0.6 is 0 Å². The Hall–Kier alpha value is -3.22. The Bertz CT molecular complexity index is 954. The number of ether oxygens (including phenoxy) is 1. The molecule has 3 aromatic rings. The first-order chi connectivity index (χ1) is 12.5. The zero-order chi connectivity index (χ0) is 18.7. The van der Waals surface area contributed by atoms with E-state index in [9.17, 15) is 13.6 Å². The lowest BCUT2D eigenvalue weighted by Gasteiger charge is -2.06. The van der Waals surface area contributed by atoms with Crippen molar-refractivity contribution in [1.29, 1.82) is 0 Å². The summed E-state index contributed by atoms with van der Waals surface area (Å²) in [6.07, 6.45) is 0. The second-order valence-corrected chi connectivity index (χ2v) is 5.51. The largest absolute Gasteiger partial charge is 0.496 e. The summed E-state index contributed by atoms with van der Waals surface area (Å²) in [6, 6.07) is 12.2. The first-order valence-corrected chi connectivity index (χ1v) is 8.01. The van der Waals surface area contributed by atoms with Gasteiger partial charge in [0.1, 0.15) is 11.4 Å². The summed E-state index contributed by atoms with van der Waals surface area (Å²) in [6.45, 7) is 2.32. The number of carbonyl (C=O) groups excluding carboxylic acids is 1. The van der Waals surface area contributed by atoms with Gasteiger partial charge in [-0.25, -0.2) is 8.78 Å². The standard InChI is InChI=1S/C19H17F2N3O2/c1-3-24-17(19(25)22-12-8-9-14(20)15(21)10-12)11-16(23-24)13-6-4-5-7-18(13)26-2/h4-11H,3H2,1-2H3,(H,22,25). The molecule has 0 fully saturated rings. The molecule has 0 aliphatic rings. The molecule has 0 spiro atoms. The van der Waals surface area contributed by atoms with Crippen molar-refractivity contribution in [3.05, 3.63) is 65.9 Å². The van der Waals surface area contributed by atoms with Crippen molar-refractivity contribution in [2.75, 3.05) is 12.4 Å². The summed E-state index contributed by atoms with van der Waals surface area (Å²) in [5, 5.41) is 7.00. The van der Waals surface area contributed by atoms with Crippen molar-refractivity contribution in [1.82, 2.24) is 9.78 Å². The third kappa shape index (κ3) is 3.42. The van der Waals surface area contributed by atoms with E-state index in [0.717, 1.165) is 17.7 Å². The molecule has 26 heavy (non-hydrogen) atoms. The minimum Gasteiger partial charge on any atom is -0.496 e. The third-order valence-corrected chi connectivity index (χ3v) is 3.87. The van der Waals surface area contributed by atoms with Gasteiger partial charge < -0.3 is 10.1 Å². The van der Waals surface area contributed by atoms with E-state index in [1.807, 2.05) is 25.1 Å². The second-order valence-electron chi connectivity index (χ2n) is 5.51. The summed E-state index contributed by atoms with van der Waals surface area (Å²) < 4.78 is 33.2. The monoisotopic (exact) mass is 357 g/mol. The van der Waals surface area contributed by atoms with Crippen molar-refractivity contribution < 1.29 is 18.3 Å². The van der Waals surface area contributed by atoms with Crippen LogP contribution in [0.5, 0.6) is 5.75 Å². The summed E-state index contributed by atoms with van der Waals surface area (Å²) in [5.74, 6) is -1.83. The van der Waals surface area contributed by atoms with Gasteiger partial charge in [0.25, 0.3) is 5.91 Å². The first kappa shape index (κ1) is 17.6. The van der Waals surface area contributed by atoms with Gasteiger partial charge in [-0.15, -0.1) is 0 Å². The first-order valence-electron chi connectivity index (χ1n) is 8.01. The van der Waals surface area contributed by atoms with E-state index in [0.29, 0.717) is 23.7 Å². The van der Waals surface area contributed by atoms with Gasteiger partial charge in [0, 0.05) is 23.9 Å². The van der Waals surface area contributed by atoms with Crippen molar-refractivity contribution in [3.8, 4) is 17.0 Å². The number of anilines is 1. The van der Waals surface area contributed by atoms with Gasteiger partial charge in [0.2, 0.25) is 0 Å². The maximum atomic E-state index is 13.3. The predicted octanol–water partition coefficient (Wildman–Crippen LogP) is 4.11. The lowest BCUT2D eigenvalue weighted by molar-refractivity contribution is 0.101. The van der Waals surface area contributed by atoms with Crippen LogP contribution in [-0.2, 0) is 6.54 Å². The molecular weight excluding hydrogens is 340 g/mol. The zero-order valence-corrected chi connectivity index (χ0v) is 14.3. The molecule has 0 aliphatic carbocycles. The van der Waals surface area contributed by atoms with E-state index in [1.165, 1.54) is 10.7 Å². The maximum Gasteiger partial charge on any atom is 0.273 e. The van der Waals surface area contributed by atoms with Crippen LogP contribution in [0, 0.1) is 11.6 Å². The normalized spacial score (nSPS) is 10.6. The van der Waals surface area contributed by atoms with Crippen LogP contribution < -0.4 is 10.1 Å². The Morgan fingerprint density at radius 2 is 1.92 bits per heavy atom. The molecule has 0 atom stereocenters. The molecule has 0 saturated heterocycles. The number of hydrogen-bond acceptors (Lipinski definition) is 3. The number of halogens is 2. The number of benzene rings is 2. The molecule has 0 radical (unpaired) electrons. The molecule has 1 amide bonds. The Morgan fingerprint density at radius 1 is 1.15 bits per heavy atom. The van der Waals surface area contributed by atoms with E-state index in [-0.39, 0.29) is 5.69 Å². The fraction of sp³-hybridized carbons (Fsp3) is 0.158.